The van der Waals surface area contributed by atoms with E-state index in [4.69, 9.17) is 0 Å². The van der Waals surface area contributed by atoms with E-state index < -0.39 is 15.9 Å². The van der Waals surface area contributed by atoms with Crippen LogP contribution in [0.1, 0.15) is 9.67 Å². The highest BCUT2D eigenvalue weighted by atomic mass is 32.2. The summed E-state index contributed by atoms with van der Waals surface area (Å²) in [6.07, 6.45) is 1.03. The molecule has 0 spiro atoms. The molecule has 0 fully saturated rings. The number of rotatable bonds is 4. The first-order valence-electron chi connectivity index (χ1n) is 6.90. The van der Waals surface area contributed by atoms with Gasteiger partial charge in [0.25, 0.3) is 5.91 Å². The largest absolute Gasteiger partial charge is 0.319 e. The Morgan fingerprint density at radius 3 is 2.46 bits per heavy atom. The van der Waals surface area contributed by atoms with Gasteiger partial charge in [-0.05, 0) is 30.3 Å². The van der Waals surface area contributed by atoms with Crippen LogP contribution in [0.3, 0.4) is 0 Å². The van der Waals surface area contributed by atoms with Crippen LogP contribution < -0.4 is 10.0 Å². The normalized spacial score (nSPS) is 11.4. The van der Waals surface area contributed by atoms with E-state index in [0.717, 1.165) is 6.26 Å². The van der Waals surface area contributed by atoms with E-state index in [1.807, 2.05) is 0 Å². The Balaban J connectivity index is 1.90. The number of anilines is 2. The van der Waals surface area contributed by atoms with Gasteiger partial charge in [0, 0.05) is 10.1 Å². The molecule has 8 heteroatoms. The molecule has 0 aliphatic rings. The van der Waals surface area contributed by atoms with Crippen molar-refractivity contribution in [2.24, 2.45) is 0 Å². The molecule has 0 radical (unpaired) electrons. The number of carbonyl (C=O) groups excluding carboxylic acids is 1. The standard InChI is InChI=1S/C16H13FN2O3S2/c1-24(21,22)19-13-7-3-2-6-12(13)18-16(20)15-9-10-11(17)5-4-8-14(10)23-15/h2-9,19H,1H3,(H,18,20). The first-order chi connectivity index (χ1) is 11.3. The lowest BCUT2D eigenvalue weighted by molar-refractivity contribution is 0.103. The van der Waals surface area contributed by atoms with Crippen molar-refractivity contribution in [1.29, 1.82) is 0 Å². The second kappa shape index (κ2) is 6.21. The van der Waals surface area contributed by atoms with Gasteiger partial charge in [0.05, 0.1) is 22.5 Å². The van der Waals surface area contributed by atoms with Gasteiger partial charge in [-0.25, -0.2) is 12.8 Å². The lowest BCUT2D eigenvalue weighted by Gasteiger charge is -2.11. The summed E-state index contributed by atoms with van der Waals surface area (Å²) in [6, 6.07) is 12.6. The van der Waals surface area contributed by atoms with Crippen LogP contribution in [0.5, 0.6) is 0 Å². The zero-order valence-corrected chi connectivity index (χ0v) is 14.2. The van der Waals surface area contributed by atoms with E-state index >= 15 is 0 Å². The molecule has 24 heavy (non-hydrogen) atoms. The number of hydrogen-bond donors (Lipinski definition) is 2. The first-order valence-corrected chi connectivity index (χ1v) is 9.60. The van der Waals surface area contributed by atoms with Crippen molar-refractivity contribution in [3.8, 4) is 0 Å². The van der Waals surface area contributed by atoms with E-state index in [0.29, 0.717) is 20.7 Å². The Hall–Kier alpha value is -2.45. The zero-order valence-electron chi connectivity index (χ0n) is 12.5. The van der Waals surface area contributed by atoms with Crippen molar-refractivity contribution in [3.63, 3.8) is 0 Å². The Kier molecular flexibility index (Phi) is 4.25. The Morgan fingerprint density at radius 2 is 1.79 bits per heavy atom. The van der Waals surface area contributed by atoms with Crippen molar-refractivity contribution in [3.05, 3.63) is 59.2 Å². The third-order valence-corrected chi connectivity index (χ3v) is 4.89. The third-order valence-electron chi connectivity index (χ3n) is 3.20. The summed E-state index contributed by atoms with van der Waals surface area (Å²) in [7, 11) is -3.47. The minimum atomic E-state index is -3.47. The number of benzene rings is 2. The van der Waals surface area contributed by atoms with Crippen molar-refractivity contribution in [1.82, 2.24) is 0 Å². The molecule has 0 saturated carbocycles. The zero-order chi connectivity index (χ0) is 17.3. The maximum Gasteiger partial charge on any atom is 0.265 e. The monoisotopic (exact) mass is 364 g/mol. The molecule has 3 rings (SSSR count). The van der Waals surface area contributed by atoms with Gasteiger partial charge in [-0.15, -0.1) is 11.3 Å². The number of sulfonamides is 1. The highest BCUT2D eigenvalue weighted by Gasteiger charge is 2.15. The molecule has 3 aromatic rings. The van der Waals surface area contributed by atoms with Gasteiger partial charge in [-0.2, -0.15) is 0 Å². The van der Waals surface area contributed by atoms with Crippen LogP contribution in [0.15, 0.2) is 48.5 Å². The number of hydrogen-bond acceptors (Lipinski definition) is 4. The Morgan fingerprint density at radius 1 is 1.08 bits per heavy atom. The SMILES string of the molecule is CS(=O)(=O)Nc1ccccc1NC(=O)c1cc2c(F)cccc2s1. The van der Waals surface area contributed by atoms with Crippen LogP contribution >= 0.6 is 11.3 Å². The van der Waals surface area contributed by atoms with Gasteiger partial charge in [-0.3, -0.25) is 9.52 Å². The molecule has 0 aliphatic heterocycles. The van der Waals surface area contributed by atoms with E-state index in [1.54, 1.807) is 36.4 Å². The van der Waals surface area contributed by atoms with Crippen molar-refractivity contribution in [2.75, 3.05) is 16.3 Å². The smallest absolute Gasteiger partial charge is 0.265 e. The van der Waals surface area contributed by atoms with Gasteiger partial charge in [0.15, 0.2) is 0 Å². The average Bonchev–Trinajstić information content (AvgIpc) is 2.93. The first kappa shape index (κ1) is 16.4. The minimum absolute atomic E-state index is 0.264. The Labute approximate surface area is 142 Å². The van der Waals surface area contributed by atoms with E-state index in [2.05, 4.69) is 10.0 Å². The fourth-order valence-corrected chi connectivity index (χ4v) is 3.75. The molecule has 0 saturated heterocycles. The lowest BCUT2D eigenvalue weighted by Crippen LogP contribution is -2.15. The number of nitrogens with one attached hydrogen (secondary N) is 2. The summed E-state index contributed by atoms with van der Waals surface area (Å²) >= 11 is 1.17. The van der Waals surface area contributed by atoms with E-state index in [9.17, 15) is 17.6 Å². The maximum atomic E-state index is 13.7. The quantitative estimate of drug-likeness (QED) is 0.742. The van der Waals surface area contributed by atoms with Crippen LogP contribution in [0.25, 0.3) is 10.1 Å². The summed E-state index contributed by atoms with van der Waals surface area (Å²) in [6.45, 7) is 0. The summed E-state index contributed by atoms with van der Waals surface area (Å²) in [5.41, 5.74) is 0.589. The number of carbonyl (C=O) groups is 1. The predicted molar refractivity (Wildman–Crippen MR) is 94.6 cm³/mol. The van der Waals surface area contributed by atoms with Gasteiger partial charge >= 0.3 is 0 Å². The van der Waals surface area contributed by atoms with Crippen molar-refractivity contribution in [2.45, 2.75) is 0 Å². The molecule has 0 atom stereocenters. The molecule has 1 aromatic heterocycles. The number of para-hydroxylation sites is 2. The second-order valence-corrected chi connectivity index (χ2v) is 7.97. The number of fused-ring (bicyclic) bond motifs is 1. The summed E-state index contributed by atoms with van der Waals surface area (Å²) in [4.78, 5) is 12.7. The molecule has 2 N–H and O–H groups in total. The van der Waals surface area contributed by atoms with Crippen molar-refractivity contribution < 1.29 is 17.6 Å². The average molecular weight is 364 g/mol. The predicted octanol–water partition coefficient (Wildman–Crippen LogP) is 3.66. The van der Waals surface area contributed by atoms with Crippen LogP contribution in [0.4, 0.5) is 15.8 Å². The number of halogens is 1. The van der Waals surface area contributed by atoms with Gasteiger partial charge < -0.3 is 5.32 Å². The molecular weight excluding hydrogens is 351 g/mol. The Bertz CT molecular complexity index is 1030. The highest BCUT2D eigenvalue weighted by Crippen LogP contribution is 2.29. The molecule has 0 bridgehead atoms. The maximum absolute atomic E-state index is 13.7. The lowest BCUT2D eigenvalue weighted by atomic mass is 10.2. The molecule has 0 aliphatic carbocycles. The van der Waals surface area contributed by atoms with E-state index in [-0.39, 0.29) is 11.5 Å². The van der Waals surface area contributed by atoms with Crippen molar-refractivity contribution >= 4 is 48.7 Å². The molecule has 0 unspecified atom stereocenters. The van der Waals surface area contributed by atoms with Crippen LogP contribution in [-0.2, 0) is 10.0 Å². The van der Waals surface area contributed by atoms with Gasteiger partial charge in [-0.1, -0.05) is 18.2 Å². The molecular formula is C16H13FN2O3S2. The number of thiophene rings is 1. The summed E-state index contributed by atoms with van der Waals surface area (Å²) < 4.78 is 39.6. The minimum Gasteiger partial charge on any atom is -0.319 e. The summed E-state index contributed by atoms with van der Waals surface area (Å²) in [5.74, 6) is -0.819. The van der Waals surface area contributed by atoms with Gasteiger partial charge in [0.1, 0.15) is 5.82 Å². The fourth-order valence-electron chi connectivity index (χ4n) is 2.20. The van der Waals surface area contributed by atoms with Crippen LogP contribution in [0.2, 0.25) is 0 Å². The highest BCUT2D eigenvalue weighted by molar-refractivity contribution is 7.92. The molecule has 1 amide bonds. The third kappa shape index (κ3) is 3.55. The molecule has 5 nitrogen and oxygen atoms in total. The molecule has 2 aromatic carbocycles. The second-order valence-electron chi connectivity index (χ2n) is 5.14. The van der Waals surface area contributed by atoms with Gasteiger partial charge in [0.2, 0.25) is 10.0 Å². The molecule has 124 valence electrons. The molecule has 1 heterocycles. The van der Waals surface area contributed by atoms with Crippen LogP contribution in [-0.4, -0.2) is 20.6 Å². The summed E-state index contributed by atoms with van der Waals surface area (Å²) in [5, 5.41) is 3.04. The van der Waals surface area contributed by atoms with Crippen LogP contribution in [0, 0.1) is 5.82 Å². The van der Waals surface area contributed by atoms with E-state index in [1.165, 1.54) is 23.5 Å². The fraction of sp³-hybridized carbons (Fsp3) is 0.0625. The number of amides is 1. The topological polar surface area (TPSA) is 75.3 Å².